The first kappa shape index (κ1) is 42.2. The van der Waals surface area contributed by atoms with Crippen molar-refractivity contribution < 1.29 is 33.9 Å². The van der Waals surface area contributed by atoms with Crippen molar-refractivity contribution in [1.82, 2.24) is 26.6 Å². The number of carbonyl (C=O) groups excluding carboxylic acids is 6. The van der Waals surface area contributed by atoms with E-state index in [9.17, 15) is 33.9 Å². The molecule has 0 unspecified atom stereocenters. The minimum Gasteiger partial charge on any atom is -0.394 e. The van der Waals surface area contributed by atoms with Gasteiger partial charge in [0.15, 0.2) is 5.96 Å². The zero-order chi connectivity index (χ0) is 35.4. The quantitative estimate of drug-likeness (QED) is 0.0226. The number of hydrogen-bond acceptors (Lipinski definition) is 10. The molecule has 0 saturated heterocycles. The maximum Gasteiger partial charge on any atom is 0.245 e. The van der Waals surface area contributed by atoms with Crippen LogP contribution in [0.25, 0.3) is 0 Å². The summed E-state index contributed by atoms with van der Waals surface area (Å²) >= 11 is 0. The number of aliphatic hydroxyl groups excluding tert-OH is 1. The van der Waals surface area contributed by atoms with E-state index in [4.69, 9.17) is 22.9 Å². The van der Waals surface area contributed by atoms with E-state index in [2.05, 4.69) is 31.6 Å². The summed E-state index contributed by atoms with van der Waals surface area (Å²) in [5, 5.41) is 22.6. The molecule has 0 aromatic carbocycles. The molecule has 5 amide bonds. The molecule has 17 heteroatoms. The van der Waals surface area contributed by atoms with Gasteiger partial charge in [-0.25, -0.2) is 0 Å². The van der Waals surface area contributed by atoms with E-state index in [0.717, 1.165) is 0 Å². The minimum atomic E-state index is -1.45. The van der Waals surface area contributed by atoms with Gasteiger partial charge in [0.2, 0.25) is 29.5 Å². The molecule has 0 aliphatic carbocycles. The number of unbranched alkanes of at least 4 members (excludes halogenated alkanes) is 1. The number of hydrogen-bond donors (Lipinski definition) is 10. The number of carbonyl (C=O) groups is 6. The first-order valence-electron chi connectivity index (χ1n) is 15.7. The Morgan fingerprint density at radius 1 is 0.783 bits per heavy atom. The van der Waals surface area contributed by atoms with Crippen LogP contribution in [0.15, 0.2) is 4.99 Å². The fraction of sp³-hybridized carbons (Fsp3) is 0.759. The van der Waals surface area contributed by atoms with Crippen molar-refractivity contribution in [3.8, 4) is 0 Å². The lowest BCUT2D eigenvalue weighted by molar-refractivity contribution is -0.136. The van der Waals surface area contributed by atoms with Crippen LogP contribution in [0.5, 0.6) is 0 Å². The molecule has 7 atom stereocenters. The van der Waals surface area contributed by atoms with E-state index < -0.39 is 78.3 Å². The van der Waals surface area contributed by atoms with Crippen molar-refractivity contribution in [2.45, 2.75) is 109 Å². The summed E-state index contributed by atoms with van der Waals surface area (Å²) in [5.74, 6) is -4.28. The summed E-state index contributed by atoms with van der Waals surface area (Å²) in [6.45, 7) is 8.28. The monoisotopic (exact) mass is 656 g/mol. The van der Waals surface area contributed by atoms with Gasteiger partial charge in [-0.1, -0.05) is 34.1 Å². The average molecular weight is 657 g/mol. The Hall–Kier alpha value is -3.83. The number of nitrogens with one attached hydrogen (secondary N) is 5. The molecule has 0 aliphatic rings. The van der Waals surface area contributed by atoms with Gasteiger partial charge in [0.1, 0.15) is 30.5 Å². The lowest BCUT2D eigenvalue weighted by atomic mass is 9.96. The predicted molar refractivity (Wildman–Crippen MR) is 174 cm³/mol. The fourth-order valence-electron chi connectivity index (χ4n) is 4.22. The van der Waals surface area contributed by atoms with Gasteiger partial charge in [0.25, 0.3) is 0 Å². The van der Waals surface area contributed by atoms with Crippen LogP contribution in [0.3, 0.4) is 0 Å². The Morgan fingerprint density at radius 2 is 1.39 bits per heavy atom. The third-order valence-corrected chi connectivity index (χ3v) is 7.37. The SMILES string of the molecule is CC[C@H](C)[C@H](NC(=O)[C@@H](NC(=O)[C@H](CO)NC(=O)[C@H](C)NC(=O)[C@@H](N)CCCN=C(N)N)C(C)C)C(=O)N[C@H](C=O)CCCCN. The van der Waals surface area contributed by atoms with Crippen molar-refractivity contribution >= 4 is 41.8 Å². The molecule has 0 aromatic rings. The number of guanidine groups is 1. The predicted octanol–water partition coefficient (Wildman–Crippen LogP) is -3.17. The molecule has 0 saturated carbocycles. The third-order valence-electron chi connectivity index (χ3n) is 7.37. The second kappa shape index (κ2) is 22.6. The zero-order valence-corrected chi connectivity index (χ0v) is 27.7. The highest BCUT2D eigenvalue weighted by Gasteiger charge is 2.34. The van der Waals surface area contributed by atoms with Crippen molar-refractivity contribution in [3.63, 3.8) is 0 Å². The number of nitrogens with zero attached hydrogens (tertiary/aromatic N) is 1. The molecule has 46 heavy (non-hydrogen) atoms. The fourth-order valence-corrected chi connectivity index (χ4v) is 4.22. The van der Waals surface area contributed by atoms with Crippen molar-refractivity contribution in [2.75, 3.05) is 19.7 Å². The number of aliphatic imine (C=N–C) groups is 1. The summed E-state index contributed by atoms with van der Waals surface area (Å²) in [6.07, 6.45) is 3.61. The summed E-state index contributed by atoms with van der Waals surface area (Å²) < 4.78 is 0. The van der Waals surface area contributed by atoms with Gasteiger partial charge in [-0.3, -0.25) is 29.0 Å². The molecule has 14 N–H and O–H groups in total. The van der Waals surface area contributed by atoms with Crippen LogP contribution in [0.2, 0.25) is 0 Å². The van der Waals surface area contributed by atoms with Crippen LogP contribution < -0.4 is 49.5 Å². The topological polar surface area (TPSA) is 299 Å². The van der Waals surface area contributed by atoms with Gasteiger partial charge in [0.05, 0.1) is 18.7 Å². The minimum absolute atomic E-state index is 0.0806. The first-order chi connectivity index (χ1) is 21.6. The molecule has 264 valence electrons. The van der Waals surface area contributed by atoms with Crippen LogP contribution in [-0.4, -0.2) is 103 Å². The number of nitrogens with two attached hydrogens (primary N) is 4. The highest BCUT2D eigenvalue weighted by Crippen LogP contribution is 2.11. The number of aldehydes is 1. The van der Waals surface area contributed by atoms with Crippen molar-refractivity contribution in [1.29, 1.82) is 0 Å². The lowest BCUT2D eigenvalue weighted by Crippen LogP contribution is -2.61. The van der Waals surface area contributed by atoms with Crippen LogP contribution >= 0.6 is 0 Å². The Balaban J connectivity index is 5.40. The first-order valence-corrected chi connectivity index (χ1v) is 15.7. The summed E-state index contributed by atoms with van der Waals surface area (Å²) in [7, 11) is 0. The van der Waals surface area contributed by atoms with E-state index in [0.29, 0.717) is 44.9 Å². The second-order valence-corrected chi connectivity index (χ2v) is 11.7. The molecular weight excluding hydrogens is 600 g/mol. The smallest absolute Gasteiger partial charge is 0.245 e. The van der Waals surface area contributed by atoms with E-state index in [1.165, 1.54) is 6.92 Å². The molecule has 0 heterocycles. The van der Waals surface area contributed by atoms with E-state index >= 15 is 0 Å². The lowest BCUT2D eigenvalue weighted by Gasteiger charge is -2.29. The Labute approximate surface area is 271 Å². The summed E-state index contributed by atoms with van der Waals surface area (Å²) in [5.41, 5.74) is 21.9. The molecule has 0 rings (SSSR count). The van der Waals surface area contributed by atoms with Gasteiger partial charge in [-0.2, -0.15) is 0 Å². The zero-order valence-electron chi connectivity index (χ0n) is 27.7. The largest absolute Gasteiger partial charge is 0.394 e. The molecular formula is C29H56N10O7. The second-order valence-electron chi connectivity index (χ2n) is 11.7. The maximum atomic E-state index is 13.4. The molecule has 0 aromatic heterocycles. The Kier molecular flexibility index (Phi) is 20.8. The van der Waals surface area contributed by atoms with E-state index in [1.807, 2.05) is 6.92 Å². The third kappa shape index (κ3) is 15.9. The van der Waals surface area contributed by atoms with Crippen LogP contribution in [0.4, 0.5) is 0 Å². The van der Waals surface area contributed by atoms with Crippen LogP contribution in [-0.2, 0) is 28.8 Å². The highest BCUT2D eigenvalue weighted by atomic mass is 16.3. The maximum absolute atomic E-state index is 13.4. The number of amides is 5. The summed E-state index contributed by atoms with van der Waals surface area (Å²) in [6, 6.07) is -6.38. The summed E-state index contributed by atoms with van der Waals surface area (Å²) in [4.78, 5) is 80.0. The number of rotatable bonds is 23. The van der Waals surface area contributed by atoms with Crippen molar-refractivity contribution in [3.05, 3.63) is 0 Å². The molecule has 17 nitrogen and oxygen atoms in total. The standard InChI is InChI=1S/C29H56N10O7/c1-6-17(4)23(28(46)36-19(14-40)10-7-8-12-30)39-27(45)22(16(2)3)38-26(44)21(15-41)37-24(42)18(5)35-25(43)20(31)11-9-13-34-29(32)33/h14,16-23,41H,6-13,15,30-31H2,1-5H3,(H,35,43)(H,36,46)(H,37,42)(H,38,44)(H,39,45)(H4,32,33,34)/t17-,18-,19-,20-,21-,22-,23-/m0/s1. The number of aliphatic hydroxyl groups is 1. The average Bonchev–Trinajstić information content (AvgIpc) is 3.01. The van der Waals surface area contributed by atoms with Gasteiger partial charge in [-0.15, -0.1) is 0 Å². The van der Waals surface area contributed by atoms with Gasteiger partial charge in [0, 0.05) is 6.54 Å². The van der Waals surface area contributed by atoms with Crippen LogP contribution in [0.1, 0.15) is 73.1 Å². The molecule has 0 spiro atoms. The molecule has 0 aliphatic heterocycles. The van der Waals surface area contributed by atoms with Crippen LogP contribution in [0, 0.1) is 11.8 Å². The van der Waals surface area contributed by atoms with Crippen molar-refractivity contribution in [2.24, 2.45) is 39.8 Å². The molecule has 0 bridgehead atoms. The van der Waals surface area contributed by atoms with Gasteiger partial charge < -0.3 is 59.4 Å². The highest BCUT2D eigenvalue weighted by molar-refractivity contribution is 5.96. The Morgan fingerprint density at radius 3 is 1.91 bits per heavy atom. The normalized spacial score (nSPS) is 15.6. The Bertz CT molecular complexity index is 1020. The van der Waals surface area contributed by atoms with E-state index in [1.54, 1.807) is 20.8 Å². The van der Waals surface area contributed by atoms with E-state index in [-0.39, 0.29) is 24.8 Å². The van der Waals surface area contributed by atoms with Gasteiger partial charge >= 0.3 is 0 Å². The molecule has 0 radical (unpaired) electrons. The van der Waals surface area contributed by atoms with Gasteiger partial charge in [-0.05, 0) is 57.4 Å². The molecule has 0 fully saturated rings.